The standard InChI is InChI=1S/C17H27F3N4O.HI/c1-2-21-16(23-12-15-4-3-11-25-15)22-8-5-14-6-9-24(10-7-14)13-17(18,19)20;/h3-4,11,14H,2,5-10,12-13H2,1H3,(H2,21,22,23);1H. The molecular formula is C17H28F3IN4O. The smallest absolute Gasteiger partial charge is 0.401 e. The summed E-state index contributed by atoms with van der Waals surface area (Å²) in [5, 5.41) is 6.46. The van der Waals surface area contributed by atoms with Crippen molar-refractivity contribution in [2.24, 2.45) is 10.9 Å². The van der Waals surface area contributed by atoms with E-state index >= 15 is 0 Å². The van der Waals surface area contributed by atoms with Crippen molar-refractivity contribution in [2.75, 3.05) is 32.7 Å². The van der Waals surface area contributed by atoms with Gasteiger partial charge in [0.1, 0.15) is 12.3 Å². The predicted octanol–water partition coefficient (Wildman–Crippen LogP) is 3.62. The Morgan fingerprint density at radius 3 is 2.62 bits per heavy atom. The van der Waals surface area contributed by atoms with E-state index in [1.165, 1.54) is 4.90 Å². The number of guanidine groups is 1. The van der Waals surface area contributed by atoms with Crippen LogP contribution in [0.3, 0.4) is 0 Å². The number of rotatable bonds is 7. The number of halogens is 4. The first kappa shape index (κ1) is 23.1. The Labute approximate surface area is 169 Å². The molecule has 26 heavy (non-hydrogen) atoms. The minimum absolute atomic E-state index is 0. The molecule has 2 N–H and O–H groups in total. The highest BCUT2D eigenvalue weighted by Gasteiger charge is 2.32. The van der Waals surface area contributed by atoms with Crippen molar-refractivity contribution in [3.05, 3.63) is 24.2 Å². The van der Waals surface area contributed by atoms with Gasteiger partial charge in [0, 0.05) is 13.1 Å². The maximum Gasteiger partial charge on any atom is 0.401 e. The molecule has 0 saturated carbocycles. The van der Waals surface area contributed by atoms with Crippen molar-refractivity contribution >= 4 is 29.9 Å². The fourth-order valence-electron chi connectivity index (χ4n) is 2.98. The minimum atomic E-state index is -4.10. The number of likely N-dealkylation sites (tertiary alicyclic amines) is 1. The van der Waals surface area contributed by atoms with Crippen molar-refractivity contribution in [1.82, 2.24) is 15.5 Å². The first-order chi connectivity index (χ1) is 12.0. The lowest BCUT2D eigenvalue weighted by Gasteiger charge is -2.32. The molecule has 0 unspecified atom stereocenters. The molecule has 1 aromatic rings. The highest BCUT2D eigenvalue weighted by atomic mass is 127. The summed E-state index contributed by atoms with van der Waals surface area (Å²) in [5.41, 5.74) is 0. The van der Waals surface area contributed by atoms with Crippen molar-refractivity contribution in [3.8, 4) is 0 Å². The molecular weight excluding hydrogens is 460 g/mol. The number of piperidine rings is 1. The molecule has 0 aromatic carbocycles. The van der Waals surface area contributed by atoms with Gasteiger partial charge in [-0.15, -0.1) is 24.0 Å². The Kier molecular flexibility index (Phi) is 10.4. The van der Waals surface area contributed by atoms with Gasteiger partial charge in [0.2, 0.25) is 0 Å². The van der Waals surface area contributed by atoms with E-state index < -0.39 is 12.7 Å². The minimum Gasteiger partial charge on any atom is -0.467 e. The number of aliphatic imine (C=N–C) groups is 1. The molecule has 1 aliphatic heterocycles. The second-order valence-corrected chi connectivity index (χ2v) is 6.32. The average molecular weight is 488 g/mol. The van der Waals surface area contributed by atoms with Crippen LogP contribution >= 0.6 is 24.0 Å². The second-order valence-electron chi connectivity index (χ2n) is 6.32. The quantitative estimate of drug-likeness (QED) is 0.350. The molecule has 0 aliphatic carbocycles. The summed E-state index contributed by atoms with van der Waals surface area (Å²) in [4.78, 5) is 5.96. The molecule has 1 saturated heterocycles. The van der Waals surface area contributed by atoms with E-state index in [4.69, 9.17) is 4.42 Å². The molecule has 2 heterocycles. The van der Waals surface area contributed by atoms with Gasteiger partial charge >= 0.3 is 6.18 Å². The Hall–Kier alpha value is -0.970. The topological polar surface area (TPSA) is 52.8 Å². The summed E-state index contributed by atoms with van der Waals surface area (Å²) in [6.07, 6.45) is 0.0939. The first-order valence-corrected chi connectivity index (χ1v) is 8.80. The lowest BCUT2D eigenvalue weighted by molar-refractivity contribution is -0.148. The van der Waals surface area contributed by atoms with Gasteiger partial charge in [-0.05, 0) is 57.3 Å². The maximum atomic E-state index is 12.4. The Balaban J connectivity index is 0.00000338. The van der Waals surface area contributed by atoms with E-state index in [1.807, 2.05) is 19.1 Å². The Bertz CT molecular complexity index is 515. The van der Waals surface area contributed by atoms with E-state index in [0.29, 0.717) is 25.6 Å². The molecule has 1 aliphatic rings. The first-order valence-electron chi connectivity index (χ1n) is 8.80. The van der Waals surface area contributed by atoms with Gasteiger partial charge in [-0.25, -0.2) is 4.99 Å². The summed E-state index contributed by atoms with van der Waals surface area (Å²) in [7, 11) is 0. The van der Waals surface area contributed by atoms with Gasteiger partial charge in [0.05, 0.1) is 12.8 Å². The molecule has 0 atom stereocenters. The summed E-state index contributed by atoms with van der Waals surface area (Å²) in [6, 6.07) is 3.71. The zero-order chi connectivity index (χ0) is 18.1. The van der Waals surface area contributed by atoms with E-state index in [-0.39, 0.29) is 24.0 Å². The third-order valence-electron chi connectivity index (χ3n) is 4.27. The van der Waals surface area contributed by atoms with Crippen molar-refractivity contribution in [3.63, 3.8) is 0 Å². The molecule has 2 rings (SSSR count). The lowest BCUT2D eigenvalue weighted by atomic mass is 9.93. The molecule has 9 heteroatoms. The van der Waals surface area contributed by atoms with Crippen LogP contribution in [0.2, 0.25) is 0 Å². The molecule has 150 valence electrons. The van der Waals surface area contributed by atoms with Crippen LogP contribution in [0.4, 0.5) is 13.2 Å². The average Bonchev–Trinajstić information content (AvgIpc) is 3.06. The number of nitrogens with one attached hydrogen (secondary N) is 2. The van der Waals surface area contributed by atoms with E-state index in [0.717, 1.165) is 44.1 Å². The van der Waals surface area contributed by atoms with Crippen LogP contribution in [0, 0.1) is 5.92 Å². The monoisotopic (exact) mass is 488 g/mol. The van der Waals surface area contributed by atoms with Crippen LogP contribution < -0.4 is 10.6 Å². The fraction of sp³-hybridized carbons (Fsp3) is 0.706. The van der Waals surface area contributed by atoms with Gasteiger partial charge in [-0.1, -0.05) is 0 Å². The molecule has 0 spiro atoms. The second kappa shape index (κ2) is 11.7. The number of nitrogens with zero attached hydrogens (tertiary/aromatic N) is 2. The van der Waals surface area contributed by atoms with Gasteiger partial charge in [-0.2, -0.15) is 13.2 Å². The third kappa shape index (κ3) is 9.11. The van der Waals surface area contributed by atoms with Crippen LogP contribution in [0.1, 0.15) is 31.9 Å². The van der Waals surface area contributed by atoms with Gasteiger partial charge in [0.25, 0.3) is 0 Å². The largest absolute Gasteiger partial charge is 0.467 e. The van der Waals surface area contributed by atoms with Crippen molar-refractivity contribution < 1.29 is 17.6 Å². The van der Waals surface area contributed by atoms with Gasteiger partial charge in [0.15, 0.2) is 5.96 Å². The fourth-order valence-corrected chi connectivity index (χ4v) is 2.98. The molecule has 0 radical (unpaired) electrons. The lowest BCUT2D eigenvalue weighted by Crippen LogP contribution is -2.41. The Morgan fingerprint density at radius 2 is 2.04 bits per heavy atom. The summed E-state index contributed by atoms with van der Waals surface area (Å²) >= 11 is 0. The SMILES string of the molecule is CCNC(=NCc1ccco1)NCCC1CCN(CC(F)(F)F)CC1.I. The number of hydrogen-bond donors (Lipinski definition) is 2. The number of alkyl halides is 3. The highest BCUT2D eigenvalue weighted by molar-refractivity contribution is 14.0. The van der Waals surface area contributed by atoms with E-state index in [1.54, 1.807) is 6.26 Å². The normalized spacial score (nSPS) is 17.0. The zero-order valence-electron chi connectivity index (χ0n) is 15.0. The molecule has 1 fully saturated rings. The van der Waals surface area contributed by atoms with Gasteiger partial charge in [-0.3, -0.25) is 4.90 Å². The van der Waals surface area contributed by atoms with Crippen LogP contribution in [0.25, 0.3) is 0 Å². The number of hydrogen-bond acceptors (Lipinski definition) is 3. The van der Waals surface area contributed by atoms with Crippen LogP contribution in [-0.2, 0) is 6.54 Å². The van der Waals surface area contributed by atoms with Crippen molar-refractivity contribution in [2.45, 2.75) is 38.9 Å². The third-order valence-corrected chi connectivity index (χ3v) is 4.27. The van der Waals surface area contributed by atoms with Crippen LogP contribution in [0.15, 0.2) is 27.8 Å². The molecule has 0 amide bonds. The summed E-state index contributed by atoms with van der Waals surface area (Å²) in [6.45, 7) is 4.25. The Morgan fingerprint density at radius 1 is 1.31 bits per heavy atom. The predicted molar refractivity (Wildman–Crippen MR) is 107 cm³/mol. The van der Waals surface area contributed by atoms with Gasteiger partial charge < -0.3 is 15.1 Å². The van der Waals surface area contributed by atoms with E-state index in [9.17, 15) is 13.2 Å². The highest BCUT2D eigenvalue weighted by Crippen LogP contribution is 2.23. The van der Waals surface area contributed by atoms with E-state index in [2.05, 4.69) is 15.6 Å². The number of furan rings is 1. The molecule has 1 aromatic heterocycles. The molecule has 0 bridgehead atoms. The summed E-state index contributed by atoms with van der Waals surface area (Å²) in [5.74, 6) is 1.99. The van der Waals surface area contributed by atoms with Crippen LogP contribution in [-0.4, -0.2) is 49.8 Å². The maximum absolute atomic E-state index is 12.4. The van der Waals surface area contributed by atoms with Crippen molar-refractivity contribution in [1.29, 1.82) is 0 Å². The summed E-state index contributed by atoms with van der Waals surface area (Å²) < 4.78 is 42.5. The zero-order valence-corrected chi connectivity index (χ0v) is 17.3. The molecule has 5 nitrogen and oxygen atoms in total. The van der Waals surface area contributed by atoms with Crippen LogP contribution in [0.5, 0.6) is 0 Å².